The molecule has 1 rings (SSSR count). The van der Waals surface area contributed by atoms with Crippen LogP contribution in [0.15, 0.2) is 18.3 Å². The average Bonchev–Trinajstić information content (AvgIpc) is 2.20. The fourth-order valence-electron chi connectivity index (χ4n) is 2.40. The van der Waals surface area contributed by atoms with Crippen molar-refractivity contribution in [3.05, 3.63) is 23.9 Å². The maximum absolute atomic E-state index is 4.38. The number of pyridine rings is 1. The van der Waals surface area contributed by atoms with E-state index >= 15 is 0 Å². The van der Waals surface area contributed by atoms with Gasteiger partial charge >= 0.3 is 0 Å². The zero-order valence-electron chi connectivity index (χ0n) is 11.9. The number of aromatic nitrogens is 1. The lowest BCUT2D eigenvalue weighted by Gasteiger charge is -2.37. The van der Waals surface area contributed by atoms with Gasteiger partial charge in [0.05, 0.1) is 6.17 Å². The van der Waals surface area contributed by atoms with Gasteiger partial charge in [0.25, 0.3) is 0 Å². The minimum Gasteiger partial charge on any atom is -0.355 e. The lowest BCUT2D eigenvalue weighted by molar-refractivity contribution is 0.137. The number of anilines is 1. The first-order chi connectivity index (χ1) is 7.93. The molecule has 1 atom stereocenters. The van der Waals surface area contributed by atoms with Crippen LogP contribution in [-0.4, -0.2) is 28.1 Å². The Hall–Kier alpha value is -1.09. The van der Waals surface area contributed by atoms with Crippen LogP contribution in [0, 0.1) is 6.92 Å². The standard InChI is InChI=1S/C14H25N3/c1-10(2)17(11(3)4)13(6)16-14-12(5)8-7-9-15-14/h7-11,13H,1-6H3,(H,15,16). The number of nitrogens with one attached hydrogen (secondary N) is 1. The Balaban J connectivity index is 2.77. The summed E-state index contributed by atoms with van der Waals surface area (Å²) in [5.74, 6) is 0.978. The molecule has 0 saturated heterocycles. The molecule has 1 unspecified atom stereocenters. The largest absolute Gasteiger partial charge is 0.355 e. The fraction of sp³-hybridized carbons (Fsp3) is 0.643. The van der Waals surface area contributed by atoms with Gasteiger partial charge in [-0.2, -0.15) is 0 Å². The summed E-state index contributed by atoms with van der Waals surface area (Å²) in [5, 5.41) is 3.49. The van der Waals surface area contributed by atoms with Crippen molar-refractivity contribution in [3.63, 3.8) is 0 Å². The van der Waals surface area contributed by atoms with Crippen molar-refractivity contribution >= 4 is 5.82 Å². The Morgan fingerprint density at radius 1 is 1.12 bits per heavy atom. The Kier molecular flexibility index (Phi) is 4.94. The lowest BCUT2D eigenvalue weighted by Crippen LogP contribution is -2.47. The molecule has 0 fully saturated rings. The summed E-state index contributed by atoms with van der Waals surface area (Å²) >= 11 is 0. The summed E-state index contributed by atoms with van der Waals surface area (Å²) in [5.41, 5.74) is 1.19. The molecule has 0 radical (unpaired) electrons. The summed E-state index contributed by atoms with van der Waals surface area (Å²) in [7, 11) is 0. The van der Waals surface area contributed by atoms with Crippen LogP contribution < -0.4 is 5.32 Å². The van der Waals surface area contributed by atoms with Gasteiger partial charge in [0, 0.05) is 18.3 Å². The van der Waals surface area contributed by atoms with Crippen LogP contribution in [0.25, 0.3) is 0 Å². The van der Waals surface area contributed by atoms with Crippen LogP contribution >= 0.6 is 0 Å². The van der Waals surface area contributed by atoms with Gasteiger partial charge in [-0.3, -0.25) is 4.90 Å². The Morgan fingerprint density at radius 3 is 2.18 bits per heavy atom. The molecule has 0 aliphatic heterocycles. The van der Waals surface area contributed by atoms with Crippen molar-refractivity contribution in [1.29, 1.82) is 0 Å². The third-order valence-corrected chi connectivity index (χ3v) is 2.99. The van der Waals surface area contributed by atoms with Crippen LogP contribution in [0.4, 0.5) is 5.82 Å². The van der Waals surface area contributed by atoms with E-state index in [0.717, 1.165) is 5.82 Å². The van der Waals surface area contributed by atoms with Crippen molar-refractivity contribution in [1.82, 2.24) is 9.88 Å². The van der Waals surface area contributed by atoms with Crippen LogP contribution in [0.2, 0.25) is 0 Å². The minimum atomic E-state index is 0.281. The van der Waals surface area contributed by atoms with Crippen LogP contribution in [0.3, 0.4) is 0 Å². The summed E-state index contributed by atoms with van der Waals surface area (Å²) < 4.78 is 0. The smallest absolute Gasteiger partial charge is 0.130 e. The maximum Gasteiger partial charge on any atom is 0.130 e. The van der Waals surface area contributed by atoms with E-state index in [-0.39, 0.29) is 6.17 Å². The molecule has 0 saturated carbocycles. The SMILES string of the molecule is Cc1cccnc1NC(C)N(C(C)C)C(C)C. The maximum atomic E-state index is 4.38. The van der Waals surface area contributed by atoms with Crippen molar-refractivity contribution in [2.45, 2.75) is 59.8 Å². The monoisotopic (exact) mass is 235 g/mol. The Morgan fingerprint density at radius 2 is 1.71 bits per heavy atom. The molecule has 0 amide bonds. The van der Waals surface area contributed by atoms with E-state index in [4.69, 9.17) is 0 Å². The van der Waals surface area contributed by atoms with E-state index in [2.05, 4.69) is 62.8 Å². The first-order valence-electron chi connectivity index (χ1n) is 6.39. The summed E-state index contributed by atoms with van der Waals surface area (Å²) in [6, 6.07) is 5.08. The highest BCUT2D eigenvalue weighted by atomic mass is 15.3. The molecule has 3 nitrogen and oxygen atoms in total. The molecule has 17 heavy (non-hydrogen) atoms. The normalized spacial score (nSPS) is 13.5. The highest BCUT2D eigenvalue weighted by Crippen LogP contribution is 2.15. The average molecular weight is 235 g/mol. The molecule has 0 aliphatic carbocycles. The zero-order chi connectivity index (χ0) is 13.0. The van der Waals surface area contributed by atoms with Gasteiger partial charge in [-0.05, 0) is 53.2 Å². The van der Waals surface area contributed by atoms with E-state index in [1.54, 1.807) is 0 Å². The topological polar surface area (TPSA) is 28.2 Å². The van der Waals surface area contributed by atoms with Gasteiger partial charge in [0.15, 0.2) is 0 Å². The summed E-state index contributed by atoms with van der Waals surface area (Å²) in [4.78, 5) is 6.82. The molecule has 3 heteroatoms. The molecule has 0 aromatic carbocycles. The molecule has 0 aliphatic rings. The molecule has 1 heterocycles. The van der Waals surface area contributed by atoms with E-state index in [1.807, 2.05) is 12.3 Å². The Bertz CT molecular complexity index is 339. The number of rotatable bonds is 5. The molecular weight excluding hydrogens is 210 g/mol. The molecule has 96 valence electrons. The quantitative estimate of drug-likeness (QED) is 0.794. The van der Waals surface area contributed by atoms with Crippen molar-refractivity contribution < 1.29 is 0 Å². The first kappa shape index (κ1) is 14.0. The molecule has 1 N–H and O–H groups in total. The van der Waals surface area contributed by atoms with Crippen molar-refractivity contribution in [2.24, 2.45) is 0 Å². The van der Waals surface area contributed by atoms with Crippen LogP contribution in [-0.2, 0) is 0 Å². The van der Waals surface area contributed by atoms with E-state index in [0.29, 0.717) is 12.1 Å². The third-order valence-electron chi connectivity index (χ3n) is 2.99. The highest BCUT2D eigenvalue weighted by Gasteiger charge is 2.20. The van der Waals surface area contributed by atoms with Gasteiger partial charge in [-0.1, -0.05) is 6.07 Å². The van der Waals surface area contributed by atoms with E-state index in [1.165, 1.54) is 5.56 Å². The van der Waals surface area contributed by atoms with E-state index < -0.39 is 0 Å². The second-order valence-corrected chi connectivity index (χ2v) is 5.12. The van der Waals surface area contributed by atoms with Gasteiger partial charge in [0.2, 0.25) is 0 Å². The zero-order valence-corrected chi connectivity index (χ0v) is 11.9. The predicted molar refractivity (Wildman–Crippen MR) is 74.2 cm³/mol. The molecule has 1 aromatic heterocycles. The predicted octanol–water partition coefficient (Wildman–Crippen LogP) is 3.27. The van der Waals surface area contributed by atoms with Crippen molar-refractivity contribution in [3.8, 4) is 0 Å². The molecular formula is C14H25N3. The van der Waals surface area contributed by atoms with Gasteiger partial charge in [-0.15, -0.1) is 0 Å². The number of aryl methyl sites for hydroxylation is 1. The Labute approximate surface area is 105 Å². The number of hydrogen-bond donors (Lipinski definition) is 1. The minimum absolute atomic E-state index is 0.281. The lowest BCUT2D eigenvalue weighted by atomic mass is 10.2. The molecule has 1 aromatic rings. The van der Waals surface area contributed by atoms with E-state index in [9.17, 15) is 0 Å². The van der Waals surface area contributed by atoms with Crippen molar-refractivity contribution in [2.75, 3.05) is 5.32 Å². The van der Waals surface area contributed by atoms with Gasteiger partial charge < -0.3 is 5.32 Å². The highest BCUT2D eigenvalue weighted by molar-refractivity contribution is 5.43. The summed E-state index contributed by atoms with van der Waals surface area (Å²) in [6.07, 6.45) is 2.11. The fourth-order valence-corrected chi connectivity index (χ4v) is 2.40. The van der Waals surface area contributed by atoms with Crippen LogP contribution in [0.1, 0.15) is 40.2 Å². The van der Waals surface area contributed by atoms with Crippen LogP contribution in [0.5, 0.6) is 0 Å². The third kappa shape index (κ3) is 3.70. The van der Waals surface area contributed by atoms with Gasteiger partial charge in [-0.25, -0.2) is 4.98 Å². The van der Waals surface area contributed by atoms with Gasteiger partial charge in [0.1, 0.15) is 5.82 Å². The number of nitrogens with zero attached hydrogens (tertiary/aromatic N) is 2. The summed E-state index contributed by atoms with van der Waals surface area (Å²) in [6.45, 7) is 13.2. The first-order valence-corrected chi connectivity index (χ1v) is 6.39. The second kappa shape index (κ2) is 6.01. The molecule has 0 bridgehead atoms. The number of hydrogen-bond acceptors (Lipinski definition) is 3. The second-order valence-electron chi connectivity index (χ2n) is 5.12. The molecule has 0 spiro atoms.